The number of anilines is 1. The van der Waals surface area contributed by atoms with Gasteiger partial charge < -0.3 is 4.98 Å². The number of imidazole rings is 1. The van der Waals surface area contributed by atoms with Gasteiger partial charge >= 0.3 is 0 Å². The Morgan fingerprint density at radius 2 is 2.29 bits per heavy atom. The van der Waals surface area contributed by atoms with E-state index in [9.17, 15) is 4.79 Å². The number of rotatable bonds is 2. The van der Waals surface area contributed by atoms with Crippen LogP contribution in [-0.2, 0) is 4.79 Å². The van der Waals surface area contributed by atoms with E-state index in [-0.39, 0.29) is 5.91 Å². The van der Waals surface area contributed by atoms with E-state index in [1.165, 1.54) is 0 Å². The minimum absolute atomic E-state index is 0.0379. The summed E-state index contributed by atoms with van der Waals surface area (Å²) in [5, 5.41) is 2.68. The first-order valence-corrected chi connectivity index (χ1v) is 4.54. The van der Waals surface area contributed by atoms with Gasteiger partial charge in [-0.05, 0) is 12.1 Å². The maximum absolute atomic E-state index is 11.1. The van der Waals surface area contributed by atoms with E-state index in [1.54, 1.807) is 6.92 Å². The molecular weight excluding hydrogens is 178 g/mol. The van der Waals surface area contributed by atoms with Gasteiger partial charge in [0.2, 0.25) is 11.9 Å². The van der Waals surface area contributed by atoms with Crippen molar-refractivity contribution >= 4 is 22.9 Å². The van der Waals surface area contributed by atoms with Gasteiger partial charge in [-0.3, -0.25) is 10.1 Å². The monoisotopic (exact) mass is 189 g/mol. The summed E-state index contributed by atoms with van der Waals surface area (Å²) in [6, 6.07) is 7.65. The van der Waals surface area contributed by atoms with Crippen LogP contribution in [0.25, 0.3) is 11.0 Å². The minimum atomic E-state index is -0.0379. The molecule has 1 amide bonds. The number of carbonyl (C=O) groups is 1. The second-order valence-electron chi connectivity index (χ2n) is 3.00. The summed E-state index contributed by atoms with van der Waals surface area (Å²) in [6.07, 6.45) is 0.455. The molecule has 0 saturated carbocycles. The molecule has 0 aliphatic carbocycles. The third-order valence-corrected chi connectivity index (χ3v) is 1.97. The summed E-state index contributed by atoms with van der Waals surface area (Å²) in [5.74, 6) is 0.474. The normalized spacial score (nSPS) is 10.4. The van der Waals surface area contributed by atoms with E-state index in [0.29, 0.717) is 12.4 Å². The van der Waals surface area contributed by atoms with Crippen LogP contribution in [0.3, 0.4) is 0 Å². The first kappa shape index (κ1) is 8.74. The molecule has 0 unspecified atom stereocenters. The van der Waals surface area contributed by atoms with Crippen LogP contribution >= 0.6 is 0 Å². The number of benzene rings is 1. The summed E-state index contributed by atoms with van der Waals surface area (Å²) in [7, 11) is 0. The van der Waals surface area contributed by atoms with Crippen LogP contribution in [0.1, 0.15) is 13.3 Å². The van der Waals surface area contributed by atoms with E-state index < -0.39 is 0 Å². The lowest BCUT2D eigenvalue weighted by Gasteiger charge is -1.95. The summed E-state index contributed by atoms with van der Waals surface area (Å²) < 4.78 is 0. The second kappa shape index (κ2) is 3.49. The van der Waals surface area contributed by atoms with E-state index in [0.717, 1.165) is 11.0 Å². The predicted octanol–water partition coefficient (Wildman–Crippen LogP) is 1.91. The van der Waals surface area contributed by atoms with Gasteiger partial charge in [-0.25, -0.2) is 4.98 Å². The molecule has 1 aromatic heterocycles. The number of aromatic nitrogens is 2. The quantitative estimate of drug-likeness (QED) is 0.758. The molecule has 2 aromatic rings. The molecule has 0 fully saturated rings. The zero-order chi connectivity index (χ0) is 9.97. The molecule has 0 spiro atoms. The predicted molar refractivity (Wildman–Crippen MR) is 55.0 cm³/mol. The van der Waals surface area contributed by atoms with Crippen LogP contribution in [0.2, 0.25) is 0 Å². The number of hydrogen-bond donors (Lipinski definition) is 2. The van der Waals surface area contributed by atoms with Crippen molar-refractivity contribution in [2.45, 2.75) is 13.3 Å². The van der Waals surface area contributed by atoms with Gasteiger partial charge in [0.1, 0.15) is 0 Å². The molecular formula is C10H11N3O. The molecule has 0 aliphatic rings. The highest BCUT2D eigenvalue weighted by Gasteiger charge is 2.03. The standard InChI is InChI=1S/C10H11N3O/c1-2-9(14)13-10-11-7-5-3-4-6-8(7)12-10/h3-6H,2H2,1H3,(H2,11,12,13,14). The van der Waals surface area contributed by atoms with Gasteiger partial charge in [0.05, 0.1) is 11.0 Å². The Labute approximate surface area is 81.3 Å². The van der Waals surface area contributed by atoms with Gasteiger partial charge in [-0.1, -0.05) is 19.1 Å². The lowest BCUT2D eigenvalue weighted by Crippen LogP contribution is -2.10. The van der Waals surface area contributed by atoms with Crippen molar-refractivity contribution in [3.8, 4) is 0 Å². The Morgan fingerprint density at radius 1 is 1.50 bits per heavy atom. The van der Waals surface area contributed by atoms with Gasteiger partial charge in [0, 0.05) is 6.42 Å². The zero-order valence-electron chi connectivity index (χ0n) is 7.87. The van der Waals surface area contributed by atoms with Crippen molar-refractivity contribution in [3.05, 3.63) is 24.3 Å². The van der Waals surface area contributed by atoms with Crippen LogP contribution in [0.4, 0.5) is 5.95 Å². The molecule has 1 aromatic carbocycles. The number of hydrogen-bond acceptors (Lipinski definition) is 2. The van der Waals surface area contributed by atoms with Gasteiger partial charge in [-0.2, -0.15) is 0 Å². The van der Waals surface area contributed by atoms with Crippen molar-refractivity contribution < 1.29 is 4.79 Å². The average molecular weight is 189 g/mol. The third kappa shape index (κ3) is 1.59. The minimum Gasteiger partial charge on any atom is -0.324 e. The molecule has 2 N–H and O–H groups in total. The number of aromatic amines is 1. The van der Waals surface area contributed by atoms with Crippen LogP contribution in [0, 0.1) is 0 Å². The summed E-state index contributed by atoms with van der Waals surface area (Å²) in [4.78, 5) is 18.3. The van der Waals surface area contributed by atoms with E-state index in [2.05, 4.69) is 15.3 Å². The van der Waals surface area contributed by atoms with Crippen molar-refractivity contribution in [2.24, 2.45) is 0 Å². The number of H-pyrrole nitrogens is 1. The third-order valence-electron chi connectivity index (χ3n) is 1.97. The smallest absolute Gasteiger partial charge is 0.226 e. The van der Waals surface area contributed by atoms with Crippen molar-refractivity contribution in [1.29, 1.82) is 0 Å². The zero-order valence-corrected chi connectivity index (χ0v) is 7.87. The lowest BCUT2D eigenvalue weighted by molar-refractivity contribution is -0.115. The molecule has 0 aliphatic heterocycles. The SMILES string of the molecule is CCC(=O)Nc1nc2ccccc2[nH]1. The van der Waals surface area contributed by atoms with Crippen molar-refractivity contribution in [2.75, 3.05) is 5.32 Å². The first-order valence-electron chi connectivity index (χ1n) is 4.54. The maximum Gasteiger partial charge on any atom is 0.226 e. The van der Waals surface area contributed by atoms with Crippen LogP contribution in [0.5, 0.6) is 0 Å². The fraction of sp³-hybridized carbons (Fsp3) is 0.200. The average Bonchev–Trinajstić information content (AvgIpc) is 2.59. The Kier molecular flexibility index (Phi) is 2.18. The Hall–Kier alpha value is -1.84. The molecule has 2 rings (SSSR count). The molecule has 1 heterocycles. The summed E-state index contributed by atoms with van der Waals surface area (Å²) in [6.45, 7) is 1.80. The van der Waals surface area contributed by atoms with Crippen LogP contribution in [-0.4, -0.2) is 15.9 Å². The first-order chi connectivity index (χ1) is 6.79. The van der Waals surface area contributed by atoms with Crippen molar-refractivity contribution in [3.63, 3.8) is 0 Å². The molecule has 0 saturated heterocycles. The number of amides is 1. The summed E-state index contributed by atoms with van der Waals surface area (Å²) in [5.41, 5.74) is 1.79. The molecule has 0 bridgehead atoms. The molecule has 72 valence electrons. The number of fused-ring (bicyclic) bond motifs is 1. The fourth-order valence-corrected chi connectivity index (χ4v) is 1.23. The molecule has 14 heavy (non-hydrogen) atoms. The summed E-state index contributed by atoms with van der Waals surface area (Å²) >= 11 is 0. The Balaban J connectivity index is 2.31. The van der Waals surface area contributed by atoms with Gasteiger partial charge in [-0.15, -0.1) is 0 Å². The molecule has 4 heteroatoms. The van der Waals surface area contributed by atoms with Gasteiger partial charge in [0.25, 0.3) is 0 Å². The molecule has 0 radical (unpaired) electrons. The van der Waals surface area contributed by atoms with E-state index >= 15 is 0 Å². The van der Waals surface area contributed by atoms with Crippen molar-refractivity contribution in [1.82, 2.24) is 9.97 Å². The van der Waals surface area contributed by atoms with E-state index in [1.807, 2.05) is 24.3 Å². The Bertz CT molecular complexity index is 428. The number of nitrogens with zero attached hydrogens (tertiary/aromatic N) is 1. The maximum atomic E-state index is 11.1. The number of nitrogens with one attached hydrogen (secondary N) is 2. The Morgan fingerprint density at radius 3 is 3.00 bits per heavy atom. The topological polar surface area (TPSA) is 57.8 Å². The molecule has 0 atom stereocenters. The van der Waals surface area contributed by atoms with Crippen LogP contribution in [0.15, 0.2) is 24.3 Å². The van der Waals surface area contributed by atoms with Crippen LogP contribution < -0.4 is 5.32 Å². The largest absolute Gasteiger partial charge is 0.324 e. The molecule has 4 nitrogen and oxygen atoms in total. The number of para-hydroxylation sites is 2. The van der Waals surface area contributed by atoms with E-state index in [4.69, 9.17) is 0 Å². The highest BCUT2D eigenvalue weighted by Crippen LogP contribution is 2.13. The highest BCUT2D eigenvalue weighted by molar-refractivity contribution is 5.90. The lowest BCUT2D eigenvalue weighted by atomic mass is 10.3. The second-order valence-corrected chi connectivity index (χ2v) is 3.00. The highest BCUT2D eigenvalue weighted by atomic mass is 16.1. The fourth-order valence-electron chi connectivity index (χ4n) is 1.23. The van der Waals surface area contributed by atoms with Gasteiger partial charge in [0.15, 0.2) is 0 Å². The number of carbonyl (C=O) groups excluding carboxylic acids is 1.